The largest absolute Gasteiger partial charge is 0.298 e. The van der Waals surface area contributed by atoms with Gasteiger partial charge in [-0.2, -0.15) is 5.10 Å². The minimum atomic E-state index is -3.18. The maximum Gasteiger partial charge on any atom is 0.215 e. The van der Waals surface area contributed by atoms with Crippen LogP contribution in [0.2, 0.25) is 0 Å². The van der Waals surface area contributed by atoms with Gasteiger partial charge in [0.25, 0.3) is 0 Å². The van der Waals surface area contributed by atoms with Crippen LogP contribution < -0.4 is 4.72 Å². The summed E-state index contributed by atoms with van der Waals surface area (Å²) in [7, 11) is -3.18. The zero-order valence-electron chi connectivity index (χ0n) is 13.2. The Morgan fingerprint density at radius 2 is 2.22 bits per heavy atom. The van der Waals surface area contributed by atoms with Gasteiger partial charge in [-0.15, -0.1) is 0 Å². The molecule has 7 heteroatoms. The van der Waals surface area contributed by atoms with Crippen LogP contribution in [0.5, 0.6) is 0 Å². The van der Waals surface area contributed by atoms with Crippen molar-refractivity contribution in [3.8, 4) is 5.69 Å². The summed E-state index contributed by atoms with van der Waals surface area (Å²) in [5.74, 6) is 0. The average molecular weight is 334 g/mol. The van der Waals surface area contributed by atoms with Crippen LogP contribution in [0.15, 0.2) is 42.7 Å². The summed E-state index contributed by atoms with van der Waals surface area (Å²) in [6.07, 6.45) is 4.35. The number of hydrogen-bond acceptors (Lipinski definition) is 4. The Morgan fingerprint density at radius 3 is 2.96 bits per heavy atom. The number of hydrogen-bond donors (Lipinski definition) is 1. The zero-order valence-corrected chi connectivity index (χ0v) is 14.0. The minimum Gasteiger partial charge on any atom is -0.298 e. The Morgan fingerprint density at radius 1 is 1.35 bits per heavy atom. The van der Waals surface area contributed by atoms with E-state index in [1.807, 2.05) is 36.0 Å². The molecular formula is C16H22N4O2S. The van der Waals surface area contributed by atoms with E-state index in [1.165, 1.54) is 5.56 Å². The highest BCUT2D eigenvalue weighted by atomic mass is 32.2. The summed E-state index contributed by atoms with van der Waals surface area (Å²) < 4.78 is 28.6. The van der Waals surface area contributed by atoms with Crippen LogP contribution in [0.25, 0.3) is 5.69 Å². The fourth-order valence-corrected chi connectivity index (χ4v) is 4.45. The highest BCUT2D eigenvalue weighted by Crippen LogP contribution is 2.19. The quantitative estimate of drug-likeness (QED) is 0.867. The highest BCUT2D eigenvalue weighted by molar-refractivity contribution is 7.90. The standard InChI is InChI=1S/C16H22N4O2S/c1-2-18-23(21,22)16-7-10-19(13-16)12-14-5-3-6-15(11-14)20-9-4-8-17-20/h3-6,8-9,11,16,18H,2,7,10,12-13H2,1H3. The maximum absolute atomic E-state index is 12.1. The summed E-state index contributed by atoms with van der Waals surface area (Å²) in [6.45, 7) is 4.41. The molecule has 1 saturated heterocycles. The molecule has 1 aromatic heterocycles. The van der Waals surface area contributed by atoms with Crippen molar-refractivity contribution < 1.29 is 8.42 Å². The third-order valence-electron chi connectivity index (χ3n) is 4.10. The van der Waals surface area contributed by atoms with Gasteiger partial charge in [0.2, 0.25) is 10.0 Å². The summed E-state index contributed by atoms with van der Waals surface area (Å²) in [5, 5.41) is 3.93. The first-order valence-electron chi connectivity index (χ1n) is 7.88. The third-order valence-corrected chi connectivity index (χ3v) is 6.05. The number of likely N-dealkylation sites (tertiary alicyclic amines) is 1. The van der Waals surface area contributed by atoms with Crippen molar-refractivity contribution in [3.05, 3.63) is 48.3 Å². The SMILES string of the molecule is CCNS(=O)(=O)C1CCN(Cc2cccc(-n3cccn3)c2)C1. The second-order valence-corrected chi connectivity index (χ2v) is 7.85. The summed E-state index contributed by atoms with van der Waals surface area (Å²) in [5.41, 5.74) is 2.18. The molecule has 0 saturated carbocycles. The van der Waals surface area contributed by atoms with Crippen molar-refractivity contribution in [3.63, 3.8) is 0 Å². The molecule has 0 amide bonds. The number of nitrogens with one attached hydrogen (secondary N) is 1. The van der Waals surface area contributed by atoms with Gasteiger partial charge in [0, 0.05) is 32.0 Å². The summed E-state index contributed by atoms with van der Waals surface area (Å²) in [4.78, 5) is 2.20. The van der Waals surface area contributed by atoms with Crippen LogP contribution in [0, 0.1) is 0 Å². The van der Waals surface area contributed by atoms with E-state index in [9.17, 15) is 8.42 Å². The van der Waals surface area contributed by atoms with E-state index >= 15 is 0 Å². The van der Waals surface area contributed by atoms with Crippen LogP contribution in [0.3, 0.4) is 0 Å². The van der Waals surface area contributed by atoms with Crippen molar-refractivity contribution in [2.45, 2.75) is 25.1 Å². The molecule has 0 bridgehead atoms. The van der Waals surface area contributed by atoms with Crippen molar-refractivity contribution in [1.82, 2.24) is 19.4 Å². The molecule has 1 aliphatic rings. The lowest BCUT2D eigenvalue weighted by Crippen LogP contribution is -2.36. The normalized spacial score (nSPS) is 19.3. The monoisotopic (exact) mass is 334 g/mol. The van der Waals surface area contributed by atoms with Gasteiger partial charge in [-0.05, 0) is 36.7 Å². The van der Waals surface area contributed by atoms with E-state index in [2.05, 4.69) is 26.9 Å². The molecule has 1 aliphatic heterocycles. The van der Waals surface area contributed by atoms with Crippen LogP contribution in [0.1, 0.15) is 18.9 Å². The lowest BCUT2D eigenvalue weighted by Gasteiger charge is -2.17. The van der Waals surface area contributed by atoms with Gasteiger partial charge in [-0.3, -0.25) is 4.90 Å². The Bertz CT molecular complexity index is 743. The van der Waals surface area contributed by atoms with Gasteiger partial charge in [-0.25, -0.2) is 17.8 Å². The molecule has 1 aromatic carbocycles. The predicted octanol–water partition coefficient (Wildman–Crippen LogP) is 1.39. The minimum absolute atomic E-state index is 0.309. The lowest BCUT2D eigenvalue weighted by atomic mass is 10.2. The first-order chi connectivity index (χ1) is 11.1. The molecule has 0 radical (unpaired) electrons. The molecular weight excluding hydrogens is 312 g/mol. The highest BCUT2D eigenvalue weighted by Gasteiger charge is 2.32. The summed E-state index contributed by atoms with van der Waals surface area (Å²) in [6, 6.07) is 10.1. The molecule has 1 unspecified atom stereocenters. The van der Waals surface area contributed by atoms with Gasteiger partial charge in [0.05, 0.1) is 10.9 Å². The van der Waals surface area contributed by atoms with E-state index in [1.54, 1.807) is 6.20 Å². The van der Waals surface area contributed by atoms with Crippen molar-refractivity contribution >= 4 is 10.0 Å². The first kappa shape index (κ1) is 16.2. The van der Waals surface area contributed by atoms with E-state index in [4.69, 9.17) is 0 Å². The Kier molecular flexibility index (Phi) is 4.79. The van der Waals surface area contributed by atoms with Gasteiger partial charge in [-0.1, -0.05) is 19.1 Å². The summed E-state index contributed by atoms with van der Waals surface area (Å²) >= 11 is 0. The van der Waals surface area contributed by atoms with E-state index in [0.717, 1.165) is 18.8 Å². The zero-order chi connectivity index (χ0) is 16.3. The van der Waals surface area contributed by atoms with Crippen molar-refractivity contribution in [1.29, 1.82) is 0 Å². The second kappa shape index (κ2) is 6.82. The van der Waals surface area contributed by atoms with Crippen LogP contribution in [-0.2, 0) is 16.6 Å². The molecule has 1 atom stereocenters. The molecule has 6 nitrogen and oxygen atoms in total. The van der Waals surface area contributed by atoms with Gasteiger partial charge in [0.1, 0.15) is 0 Å². The number of nitrogens with zero attached hydrogens (tertiary/aromatic N) is 3. The van der Waals surface area contributed by atoms with E-state index < -0.39 is 10.0 Å². The maximum atomic E-state index is 12.1. The van der Waals surface area contributed by atoms with Crippen LogP contribution in [0.4, 0.5) is 0 Å². The topological polar surface area (TPSA) is 67.2 Å². The van der Waals surface area contributed by atoms with Crippen LogP contribution in [-0.4, -0.2) is 48.0 Å². The van der Waals surface area contributed by atoms with Gasteiger partial charge in [0.15, 0.2) is 0 Å². The average Bonchev–Trinajstić information content (AvgIpc) is 3.19. The lowest BCUT2D eigenvalue weighted by molar-refractivity contribution is 0.331. The second-order valence-electron chi connectivity index (χ2n) is 5.81. The molecule has 2 heterocycles. The number of aromatic nitrogens is 2. The third kappa shape index (κ3) is 3.80. The molecule has 0 spiro atoms. The molecule has 1 fully saturated rings. The van der Waals surface area contributed by atoms with Crippen molar-refractivity contribution in [2.75, 3.05) is 19.6 Å². The number of benzene rings is 1. The number of rotatable bonds is 6. The number of sulfonamides is 1. The Labute approximate surface area is 137 Å². The predicted molar refractivity (Wildman–Crippen MR) is 89.8 cm³/mol. The fourth-order valence-electron chi connectivity index (χ4n) is 2.99. The first-order valence-corrected chi connectivity index (χ1v) is 9.43. The molecule has 3 rings (SSSR count). The van der Waals surface area contributed by atoms with Gasteiger partial charge >= 0.3 is 0 Å². The van der Waals surface area contributed by atoms with E-state index in [0.29, 0.717) is 19.5 Å². The van der Waals surface area contributed by atoms with Gasteiger partial charge < -0.3 is 0 Å². The molecule has 124 valence electrons. The smallest absolute Gasteiger partial charge is 0.215 e. The molecule has 23 heavy (non-hydrogen) atoms. The Balaban J connectivity index is 1.66. The fraction of sp³-hybridized carbons (Fsp3) is 0.438. The van der Waals surface area contributed by atoms with Crippen molar-refractivity contribution in [2.24, 2.45) is 0 Å². The van der Waals surface area contributed by atoms with E-state index in [-0.39, 0.29) is 5.25 Å². The molecule has 0 aliphatic carbocycles. The molecule has 1 N–H and O–H groups in total. The van der Waals surface area contributed by atoms with Crippen LogP contribution >= 0.6 is 0 Å². The molecule has 2 aromatic rings. The Hall–Kier alpha value is -1.70.